The lowest BCUT2D eigenvalue weighted by atomic mass is 9.95. The van der Waals surface area contributed by atoms with E-state index in [0.717, 1.165) is 29.5 Å². The molecule has 2 amide bonds. The second-order valence-corrected chi connectivity index (χ2v) is 8.66. The fourth-order valence-electron chi connectivity index (χ4n) is 4.42. The Balaban J connectivity index is 1.70. The second kappa shape index (κ2) is 10.6. The highest BCUT2D eigenvalue weighted by molar-refractivity contribution is 5.95. The van der Waals surface area contributed by atoms with E-state index in [2.05, 4.69) is 5.32 Å². The second-order valence-electron chi connectivity index (χ2n) is 8.66. The summed E-state index contributed by atoms with van der Waals surface area (Å²) in [5, 5.41) is 3.09. The van der Waals surface area contributed by atoms with E-state index in [0.29, 0.717) is 35.9 Å². The average Bonchev–Trinajstić information content (AvgIpc) is 2.81. The van der Waals surface area contributed by atoms with Gasteiger partial charge in [0.1, 0.15) is 0 Å². The molecule has 0 bridgehead atoms. The molecule has 178 valence electrons. The van der Waals surface area contributed by atoms with Gasteiger partial charge in [-0.05, 0) is 63.4 Å². The highest BCUT2D eigenvalue weighted by Crippen LogP contribution is 2.39. The Labute approximate surface area is 196 Å². The molecule has 33 heavy (non-hydrogen) atoms. The maximum absolute atomic E-state index is 13.1. The molecule has 0 radical (unpaired) electrons. The van der Waals surface area contributed by atoms with E-state index in [1.807, 2.05) is 51.1 Å². The molecule has 2 atom stereocenters. The van der Waals surface area contributed by atoms with Gasteiger partial charge in [0.2, 0.25) is 11.7 Å². The predicted molar refractivity (Wildman–Crippen MR) is 127 cm³/mol. The number of nitrogens with zero attached hydrogens (tertiary/aromatic N) is 1. The van der Waals surface area contributed by atoms with Crippen LogP contribution in [0.5, 0.6) is 17.2 Å². The Morgan fingerprint density at radius 2 is 1.58 bits per heavy atom. The number of rotatable bonds is 7. The van der Waals surface area contributed by atoms with Gasteiger partial charge in [-0.25, -0.2) is 0 Å². The SMILES string of the molecule is COc1cc(C(C)NC(=O)C2CCCN(C(=O)c3cc(C)cc(C)c3)C2)cc(OC)c1OC. The number of ether oxygens (including phenoxy) is 3. The third-order valence-corrected chi connectivity index (χ3v) is 6.09. The number of nitrogens with one attached hydrogen (secondary N) is 1. The van der Waals surface area contributed by atoms with Crippen LogP contribution in [0.2, 0.25) is 0 Å². The minimum atomic E-state index is -0.267. The number of carbonyl (C=O) groups is 2. The van der Waals surface area contributed by atoms with Gasteiger partial charge in [-0.3, -0.25) is 9.59 Å². The number of aryl methyl sites for hydroxylation is 2. The minimum Gasteiger partial charge on any atom is -0.493 e. The van der Waals surface area contributed by atoms with Gasteiger partial charge in [-0.1, -0.05) is 17.2 Å². The van der Waals surface area contributed by atoms with Crippen molar-refractivity contribution in [2.75, 3.05) is 34.4 Å². The van der Waals surface area contributed by atoms with Crippen LogP contribution in [0, 0.1) is 19.8 Å². The van der Waals surface area contributed by atoms with Gasteiger partial charge in [-0.15, -0.1) is 0 Å². The van der Waals surface area contributed by atoms with E-state index >= 15 is 0 Å². The largest absolute Gasteiger partial charge is 0.493 e. The van der Waals surface area contributed by atoms with Crippen molar-refractivity contribution in [3.63, 3.8) is 0 Å². The molecule has 7 heteroatoms. The predicted octanol–water partition coefficient (Wildman–Crippen LogP) is 4.06. The van der Waals surface area contributed by atoms with E-state index in [1.54, 1.807) is 26.2 Å². The molecule has 1 fully saturated rings. The standard InChI is InChI=1S/C26H34N2O5/c1-16-10-17(2)12-21(11-16)26(30)28-9-7-8-19(15-28)25(29)27-18(3)20-13-22(31-4)24(33-6)23(14-20)32-5/h10-14,18-19H,7-9,15H2,1-6H3,(H,27,29). The zero-order valence-corrected chi connectivity index (χ0v) is 20.4. The topological polar surface area (TPSA) is 77.1 Å². The smallest absolute Gasteiger partial charge is 0.253 e. The van der Waals surface area contributed by atoms with E-state index in [-0.39, 0.29) is 23.8 Å². The van der Waals surface area contributed by atoms with E-state index < -0.39 is 0 Å². The van der Waals surface area contributed by atoms with Gasteiger partial charge in [-0.2, -0.15) is 0 Å². The van der Waals surface area contributed by atoms with Crippen LogP contribution in [0.1, 0.15) is 52.9 Å². The number of hydrogen-bond donors (Lipinski definition) is 1. The lowest BCUT2D eigenvalue weighted by Gasteiger charge is -2.33. The maximum Gasteiger partial charge on any atom is 0.253 e. The first kappa shape index (κ1) is 24.4. The summed E-state index contributed by atoms with van der Waals surface area (Å²) in [6.45, 7) is 6.97. The molecule has 2 unspecified atom stereocenters. The molecule has 1 saturated heterocycles. The van der Waals surface area contributed by atoms with Crippen LogP contribution in [-0.2, 0) is 4.79 Å². The van der Waals surface area contributed by atoms with Crippen molar-refractivity contribution in [1.29, 1.82) is 0 Å². The maximum atomic E-state index is 13.1. The molecule has 7 nitrogen and oxygen atoms in total. The summed E-state index contributed by atoms with van der Waals surface area (Å²) in [5.41, 5.74) is 3.64. The molecule has 1 aliphatic heterocycles. The first-order valence-electron chi connectivity index (χ1n) is 11.2. The summed E-state index contributed by atoms with van der Waals surface area (Å²) in [5.74, 6) is 1.26. The molecule has 0 spiro atoms. The van der Waals surface area contributed by atoms with E-state index in [4.69, 9.17) is 14.2 Å². The summed E-state index contributed by atoms with van der Waals surface area (Å²) < 4.78 is 16.2. The van der Waals surface area contributed by atoms with Gasteiger partial charge in [0.15, 0.2) is 11.5 Å². The molecule has 2 aromatic rings. The molecule has 0 aromatic heterocycles. The molecule has 1 N–H and O–H groups in total. The van der Waals surface area contributed by atoms with Crippen LogP contribution < -0.4 is 19.5 Å². The zero-order valence-electron chi connectivity index (χ0n) is 20.4. The zero-order chi connectivity index (χ0) is 24.1. The Morgan fingerprint density at radius 3 is 2.12 bits per heavy atom. The average molecular weight is 455 g/mol. The molecule has 1 heterocycles. The normalized spacial score (nSPS) is 16.7. The highest BCUT2D eigenvalue weighted by atomic mass is 16.5. The summed E-state index contributed by atoms with van der Waals surface area (Å²) in [4.78, 5) is 28.0. The van der Waals surface area contributed by atoms with Crippen LogP contribution >= 0.6 is 0 Å². The van der Waals surface area contributed by atoms with Crippen molar-refractivity contribution in [3.8, 4) is 17.2 Å². The van der Waals surface area contributed by atoms with E-state index in [9.17, 15) is 9.59 Å². The number of carbonyl (C=O) groups excluding carboxylic acids is 2. The number of amides is 2. The summed E-state index contributed by atoms with van der Waals surface area (Å²) in [6, 6.07) is 9.27. The number of methoxy groups -OCH3 is 3. The van der Waals surface area contributed by atoms with Crippen molar-refractivity contribution >= 4 is 11.8 Å². The third kappa shape index (κ3) is 5.59. The van der Waals surface area contributed by atoms with Gasteiger partial charge in [0.25, 0.3) is 5.91 Å². The van der Waals surface area contributed by atoms with Crippen molar-refractivity contribution in [1.82, 2.24) is 10.2 Å². The Bertz CT molecular complexity index is 974. The van der Waals surface area contributed by atoms with Crippen LogP contribution in [0.3, 0.4) is 0 Å². The van der Waals surface area contributed by atoms with Crippen molar-refractivity contribution in [3.05, 3.63) is 52.6 Å². The Morgan fingerprint density at radius 1 is 0.970 bits per heavy atom. The van der Waals surface area contributed by atoms with Crippen LogP contribution in [-0.4, -0.2) is 51.1 Å². The quantitative estimate of drug-likeness (QED) is 0.683. The molecule has 1 aliphatic rings. The van der Waals surface area contributed by atoms with Gasteiger partial charge in [0, 0.05) is 18.7 Å². The molecule has 0 aliphatic carbocycles. The first-order chi connectivity index (χ1) is 15.8. The first-order valence-corrected chi connectivity index (χ1v) is 11.2. The van der Waals surface area contributed by atoms with Crippen molar-refractivity contribution in [2.45, 2.75) is 39.7 Å². The lowest BCUT2D eigenvalue weighted by Crippen LogP contribution is -2.45. The summed E-state index contributed by atoms with van der Waals surface area (Å²) in [6.07, 6.45) is 1.55. The van der Waals surface area contributed by atoms with Crippen LogP contribution in [0.4, 0.5) is 0 Å². The summed E-state index contributed by atoms with van der Waals surface area (Å²) >= 11 is 0. The molecule has 2 aromatic carbocycles. The van der Waals surface area contributed by atoms with Crippen molar-refractivity contribution < 1.29 is 23.8 Å². The molecule has 3 rings (SSSR count). The van der Waals surface area contributed by atoms with Crippen LogP contribution in [0.25, 0.3) is 0 Å². The van der Waals surface area contributed by atoms with Gasteiger partial charge < -0.3 is 24.4 Å². The number of likely N-dealkylation sites (tertiary alicyclic amines) is 1. The van der Waals surface area contributed by atoms with Crippen LogP contribution in [0.15, 0.2) is 30.3 Å². The van der Waals surface area contributed by atoms with Gasteiger partial charge >= 0.3 is 0 Å². The van der Waals surface area contributed by atoms with Crippen molar-refractivity contribution in [2.24, 2.45) is 5.92 Å². The Kier molecular flexibility index (Phi) is 7.84. The molecular weight excluding hydrogens is 420 g/mol. The number of hydrogen-bond acceptors (Lipinski definition) is 5. The van der Waals surface area contributed by atoms with E-state index in [1.165, 1.54) is 0 Å². The number of piperidine rings is 1. The number of benzene rings is 2. The minimum absolute atomic E-state index is 0.0167. The monoisotopic (exact) mass is 454 g/mol. The fourth-order valence-corrected chi connectivity index (χ4v) is 4.42. The fraction of sp³-hybridized carbons (Fsp3) is 0.462. The summed E-state index contributed by atoms with van der Waals surface area (Å²) in [7, 11) is 4.68. The molecular formula is C26H34N2O5. The third-order valence-electron chi connectivity index (χ3n) is 6.09. The molecule has 0 saturated carbocycles. The lowest BCUT2D eigenvalue weighted by molar-refractivity contribution is -0.127. The Hall–Kier alpha value is -3.22. The van der Waals surface area contributed by atoms with Gasteiger partial charge in [0.05, 0.1) is 33.3 Å². The highest BCUT2D eigenvalue weighted by Gasteiger charge is 2.30.